The molecule has 7 heteroatoms. The summed E-state index contributed by atoms with van der Waals surface area (Å²) in [5, 5.41) is 0. The number of hydrogen-bond acceptors (Lipinski definition) is 6. The van der Waals surface area contributed by atoms with Gasteiger partial charge in [-0.25, -0.2) is 0 Å². The largest absolute Gasteiger partial charge is 0.460 e. The van der Waals surface area contributed by atoms with Gasteiger partial charge in [-0.05, 0) is 39.3 Å². The molecule has 0 aliphatic rings. The van der Waals surface area contributed by atoms with E-state index in [0.29, 0.717) is 25.5 Å². The minimum absolute atomic E-state index is 0.186. The Bertz CT molecular complexity index is 481. The normalized spacial score (nSPS) is 14.2. The molecule has 0 aliphatic heterocycles. The van der Waals surface area contributed by atoms with Crippen LogP contribution in [-0.2, 0) is 18.6 Å². The van der Waals surface area contributed by atoms with Crippen molar-refractivity contribution in [3.63, 3.8) is 0 Å². The van der Waals surface area contributed by atoms with Crippen LogP contribution >= 0.6 is 8.60 Å². The first-order valence-corrected chi connectivity index (χ1v) is 16.1. The average Bonchev–Trinajstić information content (AvgIpc) is 2.83. The van der Waals surface area contributed by atoms with E-state index < -0.39 is 8.60 Å². The standard InChI is InChI=1S/C29H60NO5P/c1-6-8-9-10-11-12-13-14-15-16-17-18-19-21-27(3)22-23-28(35-29(31)20-7-2)26-34-36(32)33-25-24-30(4)5/h27-28,32H,6-26H2,1-5H3. The lowest BCUT2D eigenvalue weighted by Crippen LogP contribution is -2.24. The van der Waals surface area contributed by atoms with Gasteiger partial charge in [0.15, 0.2) is 0 Å². The Labute approximate surface area is 225 Å². The van der Waals surface area contributed by atoms with Crippen molar-refractivity contribution >= 4 is 14.6 Å². The minimum atomic E-state index is -1.94. The summed E-state index contributed by atoms with van der Waals surface area (Å²) in [6.07, 6.45) is 21.8. The Morgan fingerprint density at radius 3 is 1.86 bits per heavy atom. The third-order valence-corrected chi connectivity index (χ3v) is 7.42. The zero-order valence-corrected chi connectivity index (χ0v) is 25.4. The van der Waals surface area contributed by atoms with E-state index in [1.54, 1.807) is 0 Å². The SMILES string of the molecule is CCCCCCCCCCCCCCCC(C)CCC(COP(O)OCCN(C)C)OC(=O)CCC. The van der Waals surface area contributed by atoms with Crippen LogP contribution in [0.1, 0.15) is 136 Å². The van der Waals surface area contributed by atoms with Crippen LogP contribution in [0.5, 0.6) is 0 Å². The molecule has 0 heterocycles. The summed E-state index contributed by atoms with van der Waals surface area (Å²) in [7, 11) is 1.96. The third kappa shape index (κ3) is 25.4. The van der Waals surface area contributed by atoms with E-state index in [0.717, 1.165) is 19.3 Å². The molecular formula is C29H60NO5P. The van der Waals surface area contributed by atoms with Gasteiger partial charge in [-0.1, -0.05) is 111 Å². The second kappa shape index (κ2) is 26.4. The van der Waals surface area contributed by atoms with Gasteiger partial charge in [0.25, 0.3) is 0 Å². The molecule has 36 heavy (non-hydrogen) atoms. The molecule has 0 rings (SSSR count). The molecule has 0 spiro atoms. The Kier molecular flexibility index (Phi) is 26.2. The van der Waals surface area contributed by atoms with E-state index in [-0.39, 0.29) is 18.7 Å². The van der Waals surface area contributed by atoms with Crippen molar-refractivity contribution in [3.8, 4) is 0 Å². The van der Waals surface area contributed by atoms with Gasteiger partial charge in [0.05, 0.1) is 13.2 Å². The maximum absolute atomic E-state index is 12.0. The first kappa shape index (κ1) is 35.7. The lowest BCUT2D eigenvalue weighted by atomic mass is 9.96. The van der Waals surface area contributed by atoms with Crippen LogP contribution in [0.3, 0.4) is 0 Å². The molecule has 0 aromatic carbocycles. The summed E-state index contributed by atoms with van der Waals surface area (Å²) in [5.41, 5.74) is 0. The molecule has 1 N–H and O–H groups in total. The molecule has 0 bridgehead atoms. The molecule has 0 saturated carbocycles. The van der Waals surface area contributed by atoms with Gasteiger partial charge in [0.2, 0.25) is 0 Å². The van der Waals surface area contributed by atoms with E-state index in [4.69, 9.17) is 13.8 Å². The lowest BCUT2D eigenvalue weighted by Gasteiger charge is -2.21. The zero-order valence-electron chi connectivity index (χ0n) is 24.5. The highest BCUT2D eigenvalue weighted by Gasteiger charge is 2.19. The lowest BCUT2D eigenvalue weighted by molar-refractivity contribution is -0.151. The smallest absolute Gasteiger partial charge is 0.330 e. The van der Waals surface area contributed by atoms with Gasteiger partial charge >= 0.3 is 14.6 Å². The first-order valence-electron chi connectivity index (χ1n) is 15.0. The van der Waals surface area contributed by atoms with Crippen molar-refractivity contribution in [1.82, 2.24) is 4.90 Å². The average molecular weight is 534 g/mol. The predicted molar refractivity (Wildman–Crippen MR) is 153 cm³/mol. The number of likely N-dealkylation sites (N-methyl/N-ethyl adjacent to an activating group) is 1. The van der Waals surface area contributed by atoms with E-state index in [1.165, 1.54) is 89.9 Å². The summed E-state index contributed by atoms with van der Waals surface area (Å²) in [6, 6.07) is 0. The Balaban J connectivity index is 3.93. The number of nitrogens with zero attached hydrogens (tertiary/aromatic N) is 1. The molecule has 3 unspecified atom stereocenters. The molecular weight excluding hydrogens is 473 g/mol. The van der Waals surface area contributed by atoms with E-state index >= 15 is 0 Å². The number of unbranched alkanes of at least 4 members (excludes halogenated alkanes) is 12. The van der Waals surface area contributed by atoms with Crippen molar-refractivity contribution < 1.29 is 23.5 Å². The molecule has 0 aromatic heterocycles. The Morgan fingerprint density at radius 1 is 0.778 bits per heavy atom. The Hall–Kier alpha value is -0.260. The predicted octanol–water partition coefficient (Wildman–Crippen LogP) is 8.41. The summed E-state index contributed by atoms with van der Waals surface area (Å²) >= 11 is 0. The summed E-state index contributed by atoms with van der Waals surface area (Å²) < 4.78 is 16.4. The summed E-state index contributed by atoms with van der Waals surface area (Å²) in [6.45, 7) is 7.84. The van der Waals surface area contributed by atoms with Crippen LogP contribution in [0, 0.1) is 5.92 Å². The van der Waals surface area contributed by atoms with Crippen LogP contribution in [-0.4, -0.2) is 55.7 Å². The van der Waals surface area contributed by atoms with Crippen LogP contribution < -0.4 is 0 Å². The Morgan fingerprint density at radius 2 is 1.33 bits per heavy atom. The second-order valence-corrected chi connectivity index (χ2v) is 11.7. The molecule has 0 saturated heterocycles. The quantitative estimate of drug-likeness (QED) is 0.0649. The second-order valence-electron chi connectivity index (χ2n) is 10.7. The first-order chi connectivity index (χ1) is 17.4. The van der Waals surface area contributed by atoms with Gasteiger partial charge < -0.3 is 23.6 Å². The van der Waals surface area contributed by atoms with Gasteiger partial charge in [0.1, 0.15) is 6.10 Å². The number of rotatable bonds is 27. The zero-order chi connectivity index (χ0) is 26.9. The van der Waals surface area contributed by atoms with Crippen molar-refractivity contribution in [2.45, 2.75) is 142 Å². The summed E-state index contributed by atoms with van der Waals surface area (Å²) in [5.74, 6) is 0.406. The van der Waals surface area contributed by atoms with Crippen LogP contribution in [0.25, 0.3) is 0 Å². The fourth-order valence-electron chi connectivity index (χ4n) is 4.24. The molecule has 0 amide bonds. The molecule has 0 aromatic rings. The van der Waals surface area contributed by atoms with E-state index in [1.807, 2.05) is 25.9 Å². The molecule has 216 valence electrons. The van der Waals surface area contributed by atoms with E-state index in [9.17, 15) is 9.69 Å². The molecule has 3 atom stereocenters. The summed E-state index contributed by atoms with van der Waals surface area (Å²) in [4.78, 5) is 24.0. The molecule has 0 fully saturated rings. The molecule has 0 aliphatic carbocycles. The fourth-order valence-corrected chi connectivity index (χ4v) is 4.84. The molecule has 6 nitrogen and oxygen atoms in total. The van der Waals surface area contributed by atoms with Gasteiger partial charge in [-0.2, -0.15) is 0 Å². The van der Waals surface area contributed by atoms with Gasteiger partial charge in [0, 0.05) is 13.0 Å². The van der Waals surface area contributed by atoms with Crippen molar-refractivity contribution in [2.75, 3.05) is 33.9 Å². The fraction of sp³-hybridized carbons (Fsp3) is 0.966. The van der Waals surface area contributed by atoms with E-state index in [2.05, 4.69) is 13.8 Å². The number of carbonyl (C=O) groups excluding carboxylic acids is 1. The maximum Gasteiger partial charge on any atom is 0.330 e. The van der Waals surface area contributed by atoms with Gasteiger partial charge in [-0.15, -0.1) is 0 Å². The van der Waals surface area contributed by atoms with Crippen LogP contribution in [0.4, 0.5) is 0 Å². The van der Waals surface area contributed by atoms with Crippen LogP contribution in [0.2, 0.25) is 0 Å². The number of esters is 1. The van der Waals surface area contributed by atoms with Crippen molar-refractivity contribution in [2.24, 2.45) is 5.92 Å². The third-order valence-electron chi connectivity index (χ3n) is 6.65. The number of hydrogen-bond donors (Lipinski definition) is 1. The highest BCUT2D eigenvalue weighted by molar-refractivity contribution is 7.40. The maximum atomic E-state index is 12.0. The highest BCUT2D eigenvalue weighted by atomic mass is 31.2. The van der Waals surface area contributed by atoms with Crippen LogP contribution in [0.15, 0.2) is 0 Å². The monoisotopic (exact) mass is 533 g/mol. The van der Waals surface area contributed by atoms with Crippen molar-refractivity contribution in [1.29, 1.82) is 0 Å². The topological polar surface area (TPSA) is 68.2 Å². The van der Waals surface area contributed by atoms with Gasteiger partial charge in [-0.3, -0.25) is 4.79 Å². The number of carbonyl (C=O) groups is 1. The number of ether oxygens (including phenoxy) is 1. The van der Waals surface area contributed by atoms with Crippen molar-refractivity contribution in [3.05, 3.63) is 0 Å². The minimum Gasteiger partial charge on any atom is -0.460 e. The molecule has 0 radical (unpaired) electrons. The highest BCUT2D eigenvalue weighted by Crippen LogP contribution is 2.33.